The highest BCUT2D eigenvalue weighted by molar-refractivity contribution is 6.48. The number of hydrogen-bond acceptors (Lipinski definition) is 14. The van der Waals surface area contributed by atoms with Crippen LogP contribution in [0, 0.1) is 40.3 Å². The summed E-state index contributed by atoms with van der Waals surface area (Å²) in [5.74, 6) is 0.00309. The van der Waals surface area contributed by atoms with Crippen molar-refractivity contribution in [3.63, 3.8) is 0 Å². The first-order chi connectivity index (χ1) is 39.3. The number of pyridine rings is 1. The maximum Gasteiger partial charge on any atom is 0.405 e. The molecule has 2 unspecified atom stereocenters. The molecule has 6 N–H and O–H groups in total. The average Bonchev–Trinajstić information content (AvgIpc) is 4.30. The topological polar surface area (TPSA) is 210 Å². The van der Waals surface area contributed by atoms with Gasteiger partial charge in [0, 0.05) is 110 Å². The molecule has 4 aromatic carbocycles. The van der Waals surface area contributed by atoms with Crippen LogP contribution in [0.1, 0.15) is 80.5 Å². The summed E-state index contributed by atoms with van der Waals surface area (Å²) in [6.45, 7) is 9.08. The van der Waals surface area contributed by atoms with Crippen LogP contribution in [-0.4, -0.2) is 154 Å². The molecule has 1 saturated carbocycles. The zero-order valence-electron chi connectivity index (χ0n) is 45.8. The summed E-state index contributed by atoms with van der Waals surface area (Å²) in [5.41, 5.74) is 2.75. The first-order valence-electron chi connectivity index (χ1n) is 28.0. The first kappa shape index (κ1) is 56.0. The predicted octanol–water partition coefficient (Wildman–Crippen LogP) is 8.14. The second kappa shape index (κ2) is 22.8. The Morgan fingerprint density at radius 3 is 2.32 bits per heavy atom. The van der Waals surface area contributed by atoms with Crippen LogP contribution in [0.2, 0.25) is 0 Å². The van der Waals surface area contributed by atoms with Gasteiger partial charge < -0.3 is 40.3 Å². The average molecular weight is 1120 g/mol. The number of likely N-dealkylation sites (tertiary alicyclic amines) is 1. The lowest BCUT2D eigenvalue weighted by Crippen LogP contribution is -2.51. The van der Waals surface area contributed by atoms with Gasteiger partial charge in [0.1, 0.15) is 40.9 Å². The molecular formula is C61H66F4N12O5. The van der Waals surface area contributed by atoms with Crippen LogP contribution in [0.3, 0.4) is 0 Å². The predicted molar refractivity (Wildman–Crippen MR) is 305 cm³/mol. The van der Waals surface area contributed by atoms with E-state index in [2.05, 4.69) is 30.9 Å². The number of piperidine rings is 1. The third kappa shape index (κ3) is 11.9. The summed E-state index contributed by atoms with van der Waals surface area (Å²) in [7, 11) is 0. The van der Waals surface area contributed by atoms with Gasteiger partial charge in [-0.05, 0) is 123 Å². The largest absolute Gasteiger partial charge is 0.508 e. The second-order valence-electron chi connectivity index (χ2n) is 23.0. The molecule has 17 nitrogen and oxygen atoms in total. The van der Waals surface area contributed by atoms with Gasteiger partial charge in [-0.15, -0.1) is 6.42 Å². The van der Waals surface area contributed by atoms with Gasteiger partial charge in [-0.1, -0.05) is 44.0 Å². The van der Waals surface area contributed by atoms with Crippen LogP contribution < -0.4 is 25.2 Å². The van der Waals surface area contributed by atoms with Crippen LogP contribution in [0.25, 0.3) is 32.9 Å². The quantitative estimate of drug-likeness (QED) is 0.0264. The molecule has 0 radical (unpaired) electrons. The van der Waals surface area contributed by atoms with Gasteiger partial charge in [0.05, 0.1) is 12.0 Å². The van der Waals surface area contributed by atoms with Gasteiger partial charge in [-0.3, -0.25) is 35.2 Å². The summed E-state index contributed by atoms with van der Waals surface area (Å²) in [6, 6.07) is 20.3. The van der Waals surface area contributed by atoms with Crippen molar-refractivity contribution in [3.8, 4) is 41.1 Å². The molecule has 6 aromatic rings. The standard InChI is InChI=1S/C61H66F4N12O5/c1-4-38-6-5-7-40-26-45(78)28-47(50(38)40)52-51(62)53-48(29-68-52)56(76-31-42-11-12-43(32-76)70-42)72-59(71-53)82-35-60(18-19-60)34-74-20-16-39(17-21-74)58(81)75-24-22-73(23-25-75)30-37-8-13-44(14-9-37)77(55(67)57(80)69-33-61(63,64)65)54(66)41-10-15-49(79)46(27-41)36(2)3/h1,5-10,13-15,26-29,36,39,42-43,66-67,70,78-79H,11-12,16-25,30-35H2,2-3H3,(H,69,80). The molecule has 2 atom stereocenters. The smallest absolute Gasteiger partial charge is 0.405 e. The van der Waals surface area contributed by atoms with E-state index in [-0.39, 0.29) is 81.0 Å². The van der Waals surface area contributed by atoms with Crippen LogP contribution in [0.15, 0.2) is 79.0 Å². The number of carbonyl (C=O) groups excluding carboxylic acids is 2. The number of aromatic nitrogens is 3. The van der Waals surface area contributed by atoms with Crippen LogP contribution in [-0.2, 0) is 16.1 Å². The van der Waals surface area contributed by atoms with Gasteiger partial charge >= 0.3 is 12.2 Å². The van der Waals surface area contributed by atoms with E-state index in [1.54, 1.807) is 60.0 Å². The molecule has 2 aromatic heterocycles. The van der Waals surface area contributed by atoms with Crippen molar-refractivity contribution in [3.05, 3.63) is 107 Å². The molecule has 21 heteroatoms. The molecule has 11 rings (SSSR count). The summed E-state index contributed by atoms with van der Waals surface area (Å²) < 4.78 is 62.8. The highest BCUT2D eigenvalue weighted by Crippen LogP contribution is 2.47. The monoisotopic (exact) mass is 1120 g/mol. The maximum atomic E-state index is 17.2. The van der Waals surface area contributed by atoms with E-state index >= 15 is 4.39 Å². The number of aromatic hydroxyl groups is 2. The number of nitrogens with zero attached hydrogens (tertiary/aromatic N) is 8. The summed E-state index contributed by atoms with van der Waals surface area (Å²) in [5, 5.41) is 45.9. The summed E-state index contributed by atoms with van der Waals surface area (Å²) in [6.07, 6.45) is 8.28. The minimum atomic E-state index is -4.70. The normalized spacial score (nSPS) is 19.3. The Labute approximate surface area is 472 Å². The lowest BCUT2D eigenvalue weighted by molar-refractivity contribution is -0.139. The molecule has 4 saturated heterocycles. The molecule has 5 fully saturated rings. The van der Waals surface area contributed by atoms with Crippen molar-refractivity contribution in [1.82, 2.24) is 40.3 Å². The number of rotatable bonds is 14. The van der Waals surface area contributed by atoms with Crippen molar-refractivity contribution in [1.29, 1.82) is 10.8 Å². The third-order valence-corrected chi connectivity index (χ3v) is 16.8. The van der Waals surface area contributed by atoms with Crippen molar-refractivity contribution in [2.24, 2.45) is 11.3 Å². The number of phenolic OH excluding ortho intramolecular Hbond substituents is 2. The number of nitrogens with one attached hydrogen (secondary N) is 4. The first-order valence-corrected chi connectivity index (χ1v) is 28.0. The number of carbonyl (C=O) groups is 2. The molecule has 2 amide bonds. The van der Waals surface area contributed by atoms with E-state index in [4.69, 9.17) is 31.9 Å². The number of hydrogen-bond donors (Lipinski definition) is 6. The summed E-state index contributed by atoms with van der Waals surface area (Å²) in [4.78, 5) is 51.0. The number of benzene rings is 4. The van der Waals surface area contributed by atoms with E-state index in [9.17, 15) is 33.0 Å². The molecule has 4 aliphatic heterocycles. The van der Waals surface area contributed by atoms with Crippen molar-refractivity contribution < 1.29 is 42.1 Å². The van der Waals surface area contributed by atoms with Crippen LogP contribution in [0.5, 0.6) is 17.5 Å². The Morgan fingerprint density at radius 2 is 1.65 bits per heavy atom. The minimum Gasteiger partial charge on any atom is -0.508 e. The number of terminal acetylenes is 1. The molecule has 82 heavy (non-hydrogen) atoms. The second-order valence-corrected chi connectivity index (χ2v) is 23.0. The molecule has 2 bridgehead atoms. The highest BCUT2D eigenvalue weighted by atomic mass is 19.4. The van der Waals surface area contributed by atoms with Gasteiger partial charge in [-0.2, -0.15) is 23.1 Å². The number of fused-ring (bicyclic) bond motifs is 4. The minimum absolute atomic E-state index is 0.00834. The van der Waals surface area contributed by atoms with Gasteiger partial charge in [0.25, 0.3) is 5.91 Å². The Morgan fingerprint density at radius 1 is 0.927 bits per heavy atom. The Hall–Kier alpha value is -7.93. The number of alkyl halides is 3. The number of amidine groups is 2. The number of anilines is 2. The zero-order valence-corrected chi connectivity index (χ0v) is 45.8. The van der Waals surface area contributed by atoms with Crippen LogP contribution >= 0.6 is 0 Å². The van der Waals surface area contributed by atoms with Crippen molar-refractivity contribution in [2.45, 2.75) is 83.1 Å². The number of piperazine rings is 2. The molecule has 1 aliphatic carbocycles. The fraction of sp³-hybridized carbons (Fsp3) is 0.426. The fourth-order valence-electron chi connectivity index (χ4n) is 12.2. The van der Waals surface area contributed by atoms with E-state index in [0.717, 1.165) is 68.6 Å². The van der Waals surface area contributed by atoms with E-state index in [0.29, 0.717) is 91.1 Å². The summed E-state index contributed by atoms with van der Waals surface area (Å²) >= 11 is 0. The molecular weight excluding hydrogens is 1060 g/mol. The van der Waals surface area contributed by atoms with E-state index in [1.165, 1.54) is 18.2 Å². The van der Waals surface area contributed by atoms with Gasteiger partial charge in [-0.25, -0.2) is 4.39 Å². The molecule has 428 valence electrons. The van der Waals surface area contributed by atoms with E-state index in [1.807, 2.05) is 24.8 Å². The third-order valence-electron chi connectivity index (χ3n) is 16.8. The van der Waals surface area contributed by atoms with Crippen molar-refractivity contribution in [2.75, 3.05) is 81.9 Å². The zero-order chi connectivity index (χ0) is 57.6. The lowest BCUT2D eigenvalue weighted by atomic mass is 9.94. The molecule has 0 spiro atoms. The Kier molecular flexibility index (Phi) is 15.5. The number of ether oxygens (including phenoxy) is 1. The maximum absolute atomic E-state index is 17.2. The number of halogens is 4. The van der Waals surface area contributed by atoms with Gasteiger partial charge in [0.2, 0.25) is 5.91 Å². The lowest BCUT2D eigenvalue weighted by Gasteiger charge is -2.39. The molecule has 6 heterocycles. The Bertz CT molecular complexity index is 3490. The molecule has 5 aliphatic rings. The van der Waals surface area contributed by atoms with Crippen molar-refractivity contribution >= 4 is 56.7 Å². The number of amides is 2. The van der Waals surface area contributed by atoms with Crippen LogP contribution in [0.4, 0.5) is 29.1 Å². The highest BCUT2D eigenvalue weighted by Gasteiger charge is 2.46. The van der Waals surface area contributed by atoms with E-state index < -0.39 is 30.3 Å². The van der Waals surface area contributed by atoms with Gasteiger partial charge in [0.15, 0.2) is 11.7 Å². The number of phenols is 2. The fourth-order valence-corrected chi connectivity index (χ4v) is 12.2. The Balaban J connectivity index is 0.701. The SMILES string of the molecule is C#Cc1cccc2cc(O)cc(-c3ncc4c(N5CC6CCC(C5)N6)nc(OCC5(CN6CCC(C(=O)N7CCN(Cc8ccc(N(C(=N)C(=O)NCC(F)(F)F)C(=N)c9ccc(O)c(C(C)C)c9)cc8)CC7)CC6)CC5)nc4c3F)c12.